The maximum atomic E-state index is 13.2. The van der Waals surface area contributed by atoms with Crippen LogP contribution < -0.4 is 5.32 Å². The second kappa shape index (κ2) is 9.30. The number of hydrogen-bond acceptors (Lipinski definition) is 5. The van der Waals surface area contributed by atoms with Gasteiger partial charge in [-0.05, 0) is 67.7 Å². The van der Waals surface area contributed by atoms with Gasteiger partial charge < -0.3 is 14.5 Å². The van der Waals surface area contributed by atoms with Crippen LogP contribution in [-0.4, -0.2) is 51.5 Å². The lowest BCUT2D eigenvalue weighted by atomic mass is 9.94. The molecule has 0 aliphatic carbocycles. The van der Waals surface area contributed by atoms with Gasteiger partial charge in [0, 0.05) is 38.2 Å². The summed E-state index contributed by atoms with van der Waals surface area (Å²) in [5.74, 6) is 1.20. The molecule has 1 N–H and O–H groups in total. The second-order valence-corrected chi connectivity index (χ2v) is 11.1. The van der Waals surface area contributed by atoms with Crippen LogP contribution in [0, 0.1) is 17.8 Å². The smallest absolute Gasteiger partial charge is 0.287 e. The van der Waals surface area contributed by atoms with Crippen molar-refractivity contribution in [2.24, 2.45) is 17.8 Å². The number of amides is 1. The molecule has 7 nitrogen and oxygen atoms in total. The maximum Gasteiger partial charge on any atom is 0.287 e. The molecule has 0 saturated carbocycles. The zero-order chi connectivity index (χ0) is 22.0. The highest BCUT2D eigenvalue weighted by atomic mass is 32.2. The molecule has 2 aliphatic rings. The number of nitrogens with zero attached hydrogens (tertiary/aromatic N) is 1. The third-order valence-electron chi connectivity index (χ3n) is 6.36. The van der Waals surface area contributed by atoms with Crippen LogP contribution in [0.3, 0.4) is 0 Å². The number of carbonyl (C=O) groups excluding carboxylic acids is 1. The van der Waals surface area contributed by atoms with E-state index in [-0.39, 0.29) is 16.6 Å². The van der Waals surface area contributed by atoms with Crippen LogP contribution in [0.2, 0.25) is 0 Å². The Morgan fingerprint density at radius 2 is 1.84 bits per heavy atom. The molecule has 0 bridgehead atoms. The minimum absolute atomic E-state index is 0.205. The zero-order valence-electron chi connectivity index (χ0n) is 18.3. The summed E-state index contributed by atoms with van der Waals surface area (Å²) in [6.45, 7) is 7.43. The first-order valence-electron chi connectivity index (χ1n) is 11.2. The van der Waals surface area contributed by atoms with Crippen molar-refractivity contribution in [2.45, 2.75) is 44.4 Å². The summed E-state index contributed by atoms with van der Waals surface area (Å²) in [6.07, 6.45) is 4.03. The summed E-state index contributed by atoms with van der Waals surface area (Å²) >= 11 is 0. The van der Waals surface area contributed by atoms with Gasteiger partial charge in [-0.1, -0.05) is 13.8 Å². The van der Waals surface area contributed by atoms with Crippen molar-refractivity contribution in [3.63, 3.8) is 0 Å². The average molecular weight is 449 g/mol. The molecule has 2 aromatic rings. The van der Waals surface area contributed by atoms with E-state index in [1.54, 1.807) is 28.6 Å². The molecule has 2 unspecified atom stereocenters. The number of sulfonamides is 1. The van der Waals surface area contributed by atoms with Gasteiger partial charge >= 0.3 is 0 Å². The Morgan fingerprint density at radius 3 is 2.55 bits per heavy atom. The van der Waals surface area contributed by atoms with Crippen LogP contribution in [0.1, 0.15) is 50.1 Å². The van der Waals surface area contributed by atoms with E-state index < -0.39 is 10.0 Å². The summed E-state index contributed by atoms with van der Waals surface area (Å²) in [4.78, 5) is 12.7. The van der Waals surface area contributed by atoms with Gasteiger partial charge in [0.05, 0.1) is 4.90 Å². The number of rotatable bonds is 6. The molecule has 0 spiro atoms. The van der Waals surface area contributed by atoms with E-state index in [2.05, 4.69) is 19.2 Å². The quantitative estimate of drug-likeness (QED) is 0.729. The average Bonchev–Trinajstić information content (AvgIpc) is 3.17. The van der Waals surface area contributed by atoms with Gasteiger partial charge in [0.2, 0.25) is 10.0 Å². The molecule has 31 heavy (non-hydrogen) atoms. The second-order valence-electron chi connectivity index (χ2n) is 9.18. The topological polar surface area (TPSA) is 88.9 Å². The molecular formula is C23H32N2O5S. The molecule has 0 radical (unpaired) electrons. The first-order valence-corrected chi connectivity index (χ1v) is 12.7. The third kappa shape index (κ3) is 5.13. The molecule has 1 aromatic heterocycles. The zero-order valence-corrected chi connectivity index (χ0v) is 19.1. The lowest BCUT2D eigenvalue weighted by Crippen LogP contribution is -2.42. The molecule has 2 saturated heterocycles. The van der Waals surface area contributed by atoms with Crippen LogP contribution in [-0.2, 0) is 14.8 Å². The Hall–Kier alpha value is -1.90. The standard InChI is InChI=1S/C23H32N2O5S/c1-16-11-17(2)15-25(14-16)31(27,28)20-3-4-21-19(12-20)13-22(30-21)23(26)24-8-5-18-6-9-29-10-7-18/h3-4,12-13,16-18H,5-11,14-15H2,1-2H3,(H,24,26). The van der Waals surface area contributed by atoms with E-state index in [4.69, 9.17) is 9.15 Å². The summed E-state index contributed by atoms with van der Waals surface area (Å²) in [6, 6.07) is 6.44. The fourth-order valence-corrected chi connectivity index (χ4v) is 6.47. The number of hydrogen-bond donors (Lipinski definition) is 1. The molecule has 1 aromatic carbocycles. The Kier molecular flexibility index (Phi) is 6.69. The molecule has 2 atom stereocenters. The Morgan fingerprint density at radius 1 is 1.13 bits per heavy atom. The monoisotopic (exact) mass is 448 g/mol. The van der Waals surface area contributed by atoms with E-state index in [0.717, 1.165) is 38.9 Å². The van der Waals surface area contributed by atoms with Gasteiger partial charge in [-0.2, -0.15) is 4.31 Å². The number of fused-ring (bicyclic) bond motifs is 1. The lowest BCUT2D eigenvalue weighted by molar-refractivity contribution is 0.0635. The molecule has 8 heteroatoms. The molecular weight excluding hydrogens is 416 g/mol. The van der Waals surface area contributed by atoms with E-state index >= 15 is 0 Å². The fraction of sp³-hybridized carbons (Fsp3) is 0.609. The molecule has 3 heterocycles. The van der Waals surface area contributed by atoms with Gasteiger partial charge in [-0.3, -0.25) is 4.79 Å². The highest BCUT2D eigenvalue weighted by Gasteiger charge is 2.32. The highest BCUT2D eigenvalue weighted by Crippen LogP contribution is 2.29. The van der Waals surface area contributed by atoms with E-state index in [1.165, 1.54) is 0 Å². The van der Waals surface area contributed by atoms with Gasteiger partial charge in [-0.15, -0.1) is 0 Å². The van der Waals surface area contributed by atoms with Crippen molar-refractivity contribution in [3.05, 3.63) is 30.0 Å². The summed E-state index contributed by atoms with van der Waals surface area (Å²) < 4.78 is 38.9. The van der Waals surface area contributed by atoms with Gasteiger partial charge in [0.15, 0.2) is 5.76 Å². The lowest BCUT2D eigenvalue weighted by Gasteiger charge is -2.34. The van der Waals surface area contributed by atoms with Crippen molar-refractivity contribution < 1.29 is 22.4 Å². The highest BCUT2D eigenvalue weighted by molar-refractivity contribution is 7.89. The molecule has 2 fully saturated rings. The number of carbonyl (C=O) groups is 1. The molecule has 4 rings (SSSR count). The largest absolute Gasteiger partial charge is 0.451 e. The summed E-state index contributed by atoms with van der Waals surface area (Å²) in [5, 5.41) is 3.53. The maximum absolute atomic E-state index is 13.2. The van der Waals surface area contributed by atoms with Crippen molar-refractivity contribution in [1.29, 1.82) is 0 Å². The van der Waals surface area contributed by atoms with E-state index in [1.807, 2.05) is 0 Å². The van der Waals surface area contributed by atoms with Crippen LogP contribution >= 0.6 is 0 Å². The predicted molar refractivity (Wildman–Crippen MR) is 118 cm³/mol. The van der Waals surface area contributed by atoms with Crippen LogP contribution in [0.5, 0.6) is 0 Å². The number of furan rings is 1. The number of benzene rings is 1. The van der Waals surface area contributed by atoms with Gasteiger partial charge in [0.25, 0.3) is 5.91 Å². The predicted octanol–water partition coefficient (Wildman–Crippen LogP) is 3.65. The normalized spacial score (nSPS) is 23.8. The van der Waals surface area contributed by atoms with Crippen molar-refractivity contribution >= 4 is 26.9 Å². The Labute approximate surface area is 184 Å². The number of ether oxygens (including phenoxy) is 1. The third-order valence-corrected chi connectivity index (χ3v) is 8.19. The minimum Gasteiger partial charge on any atom is -0.451 e. The first-order chi connectivity index (χ1) is 14.8. The van der Waals surface area contributed by atoms with Crippen molar-refractivity contribution in [2.75, 3.05) is 32.8 Å². The Bertz CT molecular complexity index is 1020. The molecule has 170 valence electrons. The van der Waals surface area contributed by atoms with E-state index in [0.29, 0.717) is 48.4 Å². The molecule has 2 aliphatic heterocycles. The van der Waals surface area contributed by atoms with Crippen molar-refractivity contribution in [1.82, 2.24) is 9.62 Å². The summed E-state index contributed by atoms with van der Waals surface area (Å²) in [7, 11) is -3.58. The SMILES string of the molecule is CC1CC(C)CN(S(=O)(=O)c2ccc3oc(C(=O)NCCC4CCOCC4)cc3c2)C1. The molecule has 1 amide bonds. The minimum atomic E-state index is -3.58. The van der Waals surface area contributed by atoms with E-state index in [9.17, 15) is 13.2 Å². The van der Waals surface area contributed by atoms with Crippen molar-refractivity contribution in [3.8, 4) is 0 Å². The first kappa shape index (κ1) is 22.3. The fourth-order valence-electron chi connectivity index (χ4n) is 4.76. The summed E-state index contributed by atoms with van der Waals surface area (Å²) in [5.41, 5.74) is 0.508. The number of piperidine rings is 1. The van der Waals surface area contributed by atoms with Crippen LogP contribution in [0.25, 0.3) is 11.0 Å². The van der Waals surface area contributed by atoms with Gasteiger partial charge in [0.1, 0.15) is 5.58 Å². The van der Waals surface area contributed by atoms with Gasteiger partial charge in [-0.25, -0.2) is 8.42 Å². The van der Waals surface area contributed by atoms with Crippen LogP contribution in [0.15, 0.2) is 33.6 Å². The Balaban J connectivity index is 1.44. The van der Waals surface area contributed by atoms with Crippen LogP contribution in [0.4, 0.5) is 0 Å². The number of nitrogens with one attached hydrogen (secondary N) is 1.